The second kappa shape index (κ2) is 13.2. The summed E-state index contributed by atoms with van der Waals surface area (Å²) in [6.45, 7) is 4.16. The topological polar surface area (TPSA) is 145 Å². The fraction of sp³-hybridized carbons (Fsp3) is 0.267. The summed E-state index contributed by atoms with van der Waals surface area (Å²) >= 11 is 0.828. The molecular weight excluding hydrogens is 564 g/mol. The number of amides is 3. The monoisotopic (exact) mass is 592 g/mol. The lowest BCUT2D eigenvalue weighted by Crippen LogP contribution is -2.47. The van der Waals surface area contributed by atoms with E-state index in [1.807, 2.05) is 0 Å². The molecule has 4 rings (SSSR count). The Labute approximate surface area is 245 Å². The molecule has 1 aliphatic heterocycles. The average Bonchev–Trinajstić information content (AvgIpc) is 3.43. The van der Waals surface area contributed by atoms with Gasteiger partial charge < -0.3 is 19.5 Å². The highest BCUT2D eigenvalue weighted by molar-refractivity contribution is 7.18. The maximum atomic E-state index is 13.3. The first-order chi connectivity index (χ1) is 20.2. The zero-order valence-electron chi connectivity index (χ0n) is 23.1. The van der Waals surface area contributed by atoms with E-state index >= 15 is 0 Å². The van der Waals surface area contributed by atoms with E-state index in [9.17, 15) is 28.8 Å². The fourth-order valence-electron chi connectivity index (χ4n) is 4.45. The van der Waals surface area contributed by atoms with Gasteiger partial charge in [-0.3, -0.25) is 19.3 Å². The third-order valence-corrected chi connectivity index (χ3v) is 7.55. The van der Waals surface area contributed by atoms with Gasteiger partial charge in [-0.2, -0.15) is 0 Å². The molecule has 0 saturated heterocycles. The third kappa shape index (κ3) is 6.23. The van der Waals surface area contributed by atoms with Gasteiger partial charge in [-0.25, -0.2) is 14.4 Å². The summed E-state index contributed by atoms with van der Waals surface area (Å²) < 4.78 is 15.4. The third-order valence-electron chi connectivity index (χ3n) is 6.37. The van der Waals surface area contributed by atoms with Crippen molar-refractivity contribution in [2.24, 2.45) is 0 Å². The second-order valence-corrected chi connectivity index (χ2v) is 10.1. The molecule has 1 atom stereocenters. The van der Waals surface area contributed by atoms with Crippen molar-refractivity contribution < 1.29 is 43.0 Å². The highest BCUT2D eigenvalue weighted by atomic mass is 32.1. The van der Waals surface area contributed by atoms with Crippen LogP contribution in [-0.4, -0.2) is 66.4 Å². The SMILES string of the molecule is CCOC(=O)c1sc(NC(=O)COC(=O)[C@H](Cc2ccccc2)N2C(=O)c3ccccc3C2=O)c(C(=O)OCC)c1C. The first-order valence-corrected chi connectivity index (χ1v) is 13.9. The van der Waals surface area contributed by atoms with Crippen molar-refractivity contribution in [2.45, 2.75) is 33.2 Å². The van der Waals surface area contributed by atoms with Crippen LogP contribution in [0.4, 0.5) is 5.00 Å². The molecule has 0 saturated carbocycles. The van der Waals surface area contributed by atoms with Gasteiger partial charge in [0.25, 0.3) is 17.7 Å². The van der Waals surface area contributed by atoms with Crippen molar-refractivity contribution in [3.8, 4) is 0 Å². The number of carbonyl (C=O) groups excluding carboxylic acids is 6. The summed E-state index contributed by atoms with van der Waals surface area (Å²) in [5, 5.41) is 2.52. The molecule has 1 N–H and O–H groups in total. The number of anilines is 1. The van der Waals surface area contributed by atoms with E-state index in [4.69, 9.17) is 14.2 Å². The van der Waals surface area contributed by atoms with Crippen molar-refractivity contribution in [3.05, 3.63) is 87.3 Å². The molecule has 2 heterocycles. The van der Waals surface area contributed by atoms with Crippen LogP contribution in [-0.2, 0) is 30.2 Å². The number of fused-ring (bicyclic) bond motifs is 1. The molecule has 1 aromatic heterocycles. The summed E-state index contributed by atoms with van der Waals surface area (Å²) in [5.74, 6) is -4.48. The van der Waals surface area contributed by atoms with Crippen LogP contribution in [0.5, 0.6) is 0 Å². The Kier molecular flexibility index (Phi) is 9.48. The van der Waals surface area contributed by atoms with E-state index in [1.165, 1.54) is 19.1 Å². The number of rotatable bonds is 11. The van der Waals surface area contributed by atoms with E-state index in [0.717, 1.165) is 16.2 Å². The molecule has 0 bridgehead atoms. The molecule has 0 fully saturated rings. The van der Waals surface area contributed by atoms with E-state index in [-0.39, 0.29) is 51.8 Å². The lowest BCUT2D eigenvalue weighted by molar-refractivity contribution is -0.151. The average molecular weight is 593 g/mol. The van der Waals surface area contributed by atoms with Gasteiger partial charge in [0.2, 0.25) is 0 Å². The van der Waals surface area contributed by atoms with Gasteiger partial charge in [0.1, 0.15) is 15.9 Å². The number of nitrogens with one attached hydrogen (secondary N) is 1. The maximum absolute atomic E-state index is 13.3. The first-order valence-electron chi connectivity index (χ1n) is 13.1. The van der Waals surface area contributed by atoms with E-state index in [0.29, 0.717) is 5.56 Å². The fourth-order valence-corrected chi connectivity index (χ4v) is 5.55. The highest BCUT2D eigenvalue weighted by Crippen LogP contribution is 2.34. The number of imide groups is 1. The van der Waals surface area contributed by atoms with Crippen LogP contribution >= 0.6 is 11.3 Å². The summed E-state index contributed by atoms with van der Waals surface area (Å²) in [6.07, 6.45) is -0.0349. The molecule has 218 valence electrons. The van der Waals surface area contributed by atoms with Gasteiger partial charge in [0.15, 0.2) is 6.61 Å². The minimum absolute atomic E-state index is 0.0161. The van der Waals surface area contributed by atoms with E-state index < -0.39 is 48.3 Å². The number of nitrogens with zero attached hydrogens (tertiary/aromatic N) is 1. The van der Waals surface area contributed by atoms with E-state index in [1.54, 1.807) is 56.3 Å². The zero-order valence-corrected chi connectivity index (χ0v) is 23.9. The van der Waals surface area contributed by atoms with Crippen molar-refractivity contribution in [1.29, 1.82) is 0 Å². The minimum atomic E-state index is -1.35. The predicted octanol–water partition coefficient (Wildman–Crippen LogP) is 3.80. The quantitative estimate of drug-likeness (QED) is 0.200. The Morgan fingerprint density at radius 2 is 1.40 bits per heavy atom. The van der Waals surface area contributed by atoms with Crippen LogP contribution in [0, 0.1) is 6.92 Å². The molecule has 0 radical (unpaired) electrons. The lowest BCUT2D eigenvalue weighted by Gasteiger charge is -2.24. The number of hydrogen-bond acceptors (Lipinski definition) is 10. The molecule has 0 aliphatic carbocycles. The standard InChI is InChI=1S/C30H28N2O9S/c1-4-39-29(37)23-17(3)24(30(38)40-5-2)42-25(23)31-22(33)16-41-28(36)21(15-18-11-7-6-8-12-18)32-26(34)19-13-9-10-14-20(19)27(32)35/h6-14,21H,4-5,15-16H2,1-3H3,(H,31,33)/t21-/m0/s1. The predicted molar refractivity (Wildman–Crippen MR) is 151 cm³/mol. The van der Waals surface area contributed by atoms with Gasteiger partial charge in [0, 0.05) is 6.42 Å². The second-order valence-electron chi connectivity index (χ2n) is 9.09. The molecule has 1 aliphatic rings. The smallest absolute Gasteiger partial charge is 0.348 e. The Bertz CT molecular complexity index is 1510. The van der Waals surface area contributed by atoms with Gasteiger partial charge >= 0.3 is 17.9 Å². The van der Waals surface area contributed by atoms with Gasteiger partial charge in [-0.15, -0.1) is 11.3 Å². The Balaban J connectivity index is 1.53. The molecule has 42 heavy (non-hydrogen) atoms. The van der Waals surface area contributed by atoms with Crippen LogP contribution in [0.25, 0.3) is 0 Å². The summed E-state index contributed by atoms with van der Waals surface area (Å²) in [7, 11) is 0. The van der Waals surface area contributed by atoms with Crippen LogP contribution < -0.4 is 5.32 Å². The number of ether oxygens (including phenoxy) is 3. The number of esters is 3. The van der Waals surface area contributed by atoms with Gasteiger partial charge in [0.05, 0.1) is 29.9 Å². The lowest BCUT2D eigenvalue weighted by atomic mass is 10.0. The molecule has 2 aromatic carbocycles. The van der Waals surface area contributed by atoms with Gasteiger partial charge in [-0.1, -0.05) is 42.5 Å². The Morgan fingerprint density at radius 1 is 0.833 bits per heavy atom. The Hall–Kier alpha value is -4.84. The Morgan fingerprint density at radius 3 is 2.00 bits per heavy atom. The maximum Gasteiger partial charge on any atom is 0.348 e. The van der Waals surface area contributed by atoms with Gasteiger partial charge in [-0.05, 0) is 44.0 Å². The van der Waals surface area contributed by atoms with Crippen molar-refractivity contribution in [3.63, 3.8) is 0 Å². The number of benzene rings is 2. The normalized spacial score (nSPS) is 12.9. The number of hydrogen-bond donors (Lipinski definition) is 1. The molecular formula is C30H28N2O9S. The van der Waals surface area contributed by atoms with Crippen LogP contribution in [0.15, 0.2) is 54.6 Å². The van der Waals surface area contributed by atoms with Crippen LogP contribution in [0.1, 0.15) is 65.7 Å². The van der Waals surface area contributed by atoms with Crippen LogP contribution in [0.3, 0.4) is 0 Å². The minimum Gasteiger partial charge on any atom is -0.462 e. The van der Waals surface area contributed by atoms with Crippen molar-refractivity contribution >= 4 is 52.0 Å². The summed E-state index contributed by atoms with van der Waals surface area (Å²) in [6, 6.07) is 13.7. The number of carbonyl (C=O) groups is 6. The summed E-state index contributed by atoms with van der Waals surface area (Å²) in [4.78, 5) is 78.5. The largest absolute Gasteiger partial charge is 0.462 e. The van der Waals surface area contributed by atoms with Crippen molar-refractivity contribution in [1.82, 2.24) is 4.90 Å². The van der Waals surface area contributed by atoms with Crippen molar-refractivity contribution in [2.75, 3.05) is 25.1 Å². The molecule has 12 heteroatoms. The van der Waals surface area contributed by atoms with E-state index in [2.05, 4.69) is 5.32 Å². The number of thiophene rings is 1. The van der Waals surface area contributed by atoms with Crippen LogP contribution in [0.2, 0.25) is 0 Å². The highest BCUT2D eigenvalue weighted by Gasteiger charge is 2.43. The molecule has 3 aromatic rings. The molecule has 11 nitrogen and oxygen atoms in total. The first kappa shape index (κ1) is 30.1. The molecule has 3 amide bonds. The summed E-state index contributed by atoms with van der Waals surface area (Å²) in [5.41, 5.74) is 1.27. The zero-order chi connectivity index (χ0) is 30.4. The molecule has 0 unspecified atom stereocenters. The molecule has 0 spiro atoms.